The fraction of sp³-hybridized carbons (Fsp3) is 0.526. The molecule has 140 valence electrons. The van der Waals surface area contributed by atoms with Crippen molar-refractivity contribution in [2.75, 3.05) is 32.7 Å². The number of benzene rings is 1. The minimum atomic E-state index is -0.389. The van der Waals surface area contributed by atoms with Crippen molar-refractivity contribution >= 4 is 33.7 Å². The molecule has 2 fully saturated rings. The molecule has 3 amide bonds. The molecule has 0 N–H and O–H groups in total. The van der Waals surface area contributed by atoms with Gasteiger partial charge in [0.25, 0.3) is 5.91 Å². The molecule has 6 nitrogen and oxygen atoms in total. The summed E-state index contributed by atoms with van der Waals surface area (Å²) in [6.45, 7) is 4.70. The van der Waals surface area contributed by atoms with Gasteiger partial charge >= 0.3 is 0 Å². The summed E-state index contributed by atoms with van der Waals surface area (Å²) in [4.78, 5) is 42.9. The Hall–Kier alpha value is -1.89. The average Bonchev–Trinajstić information content (AvgIpc) is 3.16. The molecule has 7 heteroatoms. The number of hydrogen-bond acceptors (Lipinski definition) is 3. The number of nitrogens with zero attached hydrogens (tertiary/aromatic N) is 3. The number of rotatable bonds is 3. The van der Waals surface area contributed by atoms with Crippen LogP contribution in [0.4, 0.5) is 0 Å². The monoisotopic (exact) mass is 421 g/mol. The summed E-state index contributed by atoms with van der Waals surface area (Å²) < 4.78 is 0.919. The molecule has 2 aliphatic rings. The predicted molar refractivity (Wildman–Crippen MR) is 102 cm³/mol. The fourth-order valence-electron chi connectivity index (χ4n) is 3.64. The number of likely N-dealkylation sites (tertiary alicyclic amines) is 1. The smallest absolute Gasteiger partial charge is 0.254 e. The third-order valence-corrected chi connectivity index (χ3v) is 5.67. The molecular weight excluding hydrogens is 398 g/mol. The van der Waals surface area contributed by atoms with Gasteiger partial charge in [-0.3, -0.25) is 14.4 Å². The van der Waals surface area contributed by atoms with E-state index in [0.29, 0.717) is 51.1 Å². The predicted octanol–water partition coefficient (Wildman–Crippen LogP) is 2.13. The normalized spacial score (nSPS) is 20.4. The molecule has 0 saturated carbocycles. The first-order valence-electron chi connectivity index (χ1n) is 9.14. The summed E-state index contributed by atoms with van der Waals surface area (Å²) >= 11 is 3.37. The zero-order chi connectivity index (χ0) is 18.7. The van der Waals surface area contributed by atoms with Gasteiger partial charge in [-0.25, -0.2) is 0 Å². The van der Waals surface area contributed by atoms with E-state index in [-0.39, 0.29) is 23.8 Å². The van der Waals surface area contributed by atoms with Gasteiger partial charge in [-0.15, -0.1) is 0 Å². The number of halogens is 1. The van der Waals surface area contributed by atoms with Gasteiger partial charge in [-0.1, -0.05) is 22.9 Å². The number of carbonyl (C=O) groups is 3. The van der Waals surface area contributed by atoms with E-state index >= 15 is 0 Å². The van der Waals surface area contributed by atoms with Crippen molar-refractivity contribution in [2.24, 2.45) is 0 Å². The first-order valence-corrected chi connectivity index (χ1v) is 9.93. The minimum absolute atomic E-state index is 0.0107. The van der Waals surface area contributed by atoms with E-state index in [4.69, 9.17) is 0 Å². The minimum Gasteiger partial charge on any atom is -0.339 e. The molecule has 1 aromatic rings. The maximum atomic E-state index is 13.0. The van der Waals surface area contributed by atoms with Crippen molar-refractivity contribution in [3.63, 3.8) is 0 Å². The molecule has 1 unspecified atom stereocenters. The summed E-state index contributed by atoms with van der Waals surface area (Å²) in [5, 5.41) is 0. The van der Waals surface area contributed by atoms with Gasteiger partial charge in [0.2, 0.25) is 11.8 Å². The van der Waals surface area contributed by atoms with Crippen LogP contribution in [-0.4, -0.2) is 71.2 Å². The highest BCUT2D eigenvalue weighted by Crippen LogP contribution is 2.23. The Morgan fingerprint density at radius 3 is 2.23 bits per heavy atom. The second-order valence-electron chi connectivity index (χ2n) is 6.72. The summed E-state index contributed by atoms with van der Waals surface area (Å²) in [6, 6.07) is 6.84. The van der Waals surface area contributed by atoms with Crippen LogP contribution in [-0.2, 0) is 9.59 Å². The molecule has 2 aliphatic heterocycles. The molecule has 1 aromatic carbocycles. The van der Waals surface area contributed by atoms with Crippen molar-refractivity contribution in [3.8, 4) is 0 Å². The summed E-state index contributed by atoms with van der Waals surface area (Å²) in [5.41, 5.74) is 0.603. The lowest BCUT2D eigenvalue weighted by atomic mass is 10.1. The van der Waals surface area contributed by atoms with Crippen LogP contribution < -0.4 is 0 Å². The highest BCUT2D eigenvalue weighted by molar-refractivity contribution is 9.10. The van der Waals surface area contributed by atoms with Gasteiger partial charge in [0.05, 0.1) is 0 Å². The lowest BCUT2D eigenvalue weighted by Crippen LogP contribution is -2.55. The topological polar surface area (TPSA) is 60.9 Å². The molecule has 0 aliphatic carbocycles. The molecule has 3 rings (SSSR count). The fourth-order valence-corrected chi connectivity index (χ4v) is 3.90. The standard InChI is InChI=1S/C19H24BrN3O3/c1-2-17(24)21-10-12-22(13-11-21)19(26)16-4-3-9-23(16)18(25)14-5-7-15(20)8-6-14/h5-8,16H,2-4,9-13H2,1H3. The molecule has 1 atom stereocenters. The van der Waals surface area contributed by atoms with E-state index in [0.717, 1.165) is 10.9 Å². The Kier molecular flexibility index (Phi) is 5.96. The number of carbonyl (C=O) groups excluding carboxylic acids is 3. The Bertz CT molecular complexity index is 684. The van der Waals surface area contributed by atoms with Gasteiger partial charge in [-0.2, -0.15) is 0 Å². The summed E-state index contributed by atoms with van der Waals surface area (Å²) in [6.07, 6.45) is 2.04. The summed E-state index contributed by atoms with van der Waals surface area (Å²) in [5.74, 6) is 0.0507. The lowest BCUT2D eigenvalue weighted by molar-refractivity contribution is -0.141. The number of hydrogen-bond donors (Lipinski definition) is 0. The maximum absolute atomic E-state index is 13.0. The molecule has 0 aromatic heterocycles. The van der Waals surface area contributed by atoms with E-state index < -0.39 is 0 Å². The third kappa shape index (κ3) is 3.92. The van der Waals surface area contributed by atoms with Crippen LogP contribution in [0.1, 0.15) is 36.5 Å². The van der Waals surface area contributed by atoms with Crippen LogP contribution in [0.15, 0.2) is 28.7 Å². The van der Waals surface area contributed by atoms with Crippen molar-refractivity contribution in [1.82, 2.24) is 14.7 Å². The maximum Gasteiger partial charge on any atom is 0.254 e. The SMILES string of the molecule is CCC(=O)N1CCN(C(=O)C2CCCN2C(=O)c2ccc(Br)cc2)CC1. The van der Waals surface area contributed by atoms with Gasteiger partial charge < -0.3 is 14.7 Å². The van der Waals surface area contributed by atoms with Crippen molar-refractivity contribution in [2.45, 2.75) is 32.2 Å². The molecule has 0 bridgehead atoms. The van der Waals surface area contributed by atoms with Crippen LogP contribution >= 0.6 is 15.9 Å². The van der Waals surface area contributed by atoms with Gasteiger partial charge in [0.1, 0.15) is 6.04 Å². The van der Waals surface area contributed by atoms with Crippen LogP contribution in [0.3, 0.4) is 0 Å². The van der Waals surface area contributed by atoms with Crippen LogP contribution in [0.25, 0.3) is 0 Å². The van der Waals surface area contributed by atoms with Gasteiger partial charge in [0, 0.05) is 49.2 Å². The van der Waals surface area contributed by atoms with Crippen molar-refractivity contribution in [1.29, 1.82) is 0 Å². The Morgan fingerprint density at radius 2 is 1.62 bits per heavy atom. The third-order valence-electron chi connectivity index (χ3n) is 5.14. The van der Waals surface area contributed by atoms with E-state index in [9.17, 15) is 14.4 Å². The molecular formula is C19H24BrN3O3. The Balaban J connectivity index is 1.64. The molecule has 0 radical (unpaired) electrons. The average molecular weight is 422 g/mol. The van der Waals surface area contributed by atoms with Crippen molar-refractivity contribution < 1.29 is 14.4 Å². The van der Waals surface area contributed by atoms with E-state index in [2.05, 4.69) is 15.9 Å². The zero-order valence-corrected chi connectivity index (χ0v) is 16.6. The van der Waals surface area contributed by atoms with E-state index in [1.165, 1.54) is 0 Å². The second-order valence-corrected chi connectivity index (χ2v) is 7.64. The number of piperazine rings is 1. The quantitative estimate of drug-likeness (QED) is 0.750. The molecule has 26 heavy (non-hydrogen) atoms. The van der Waals surface area contributed by atoms with Crippen LogP contribution in [0.2, 0.25) is 0 Å². The van der Waals surface area contributed by atoms with Crippen LogP contribution in [0, 0.1) is 0 Å². The Labute approximate surface area is 162 Å². The lowest BCUT2D eigenvalue weighted by Gasteiger charge is -2.37. The van der Waals surface area contributed by atoms with E-state index in [1.54, 1.807) is 21.9 Å². The van der Waals surface area contributed by atoms with Gasteiger partial charge in [0.15, 0.2) is 0 Å². The molecule has 2 saturated heterocycles. The van der Waals surface area contributed by atoms with Gasteiger partial charge in [-0.05, 0) is 37.1 Å². The first kappa shape index (κ1) is 18.9. The number of amides is 3. The highest BCUT2D eigenvalue weighted by atomic mass is 79.9. The summed E-state index contributed by atoms with van der Waals surface area (Å²) in [7, 11) is 0. The van der Waals surface area contributed by atoms with Crippen molar-refractivity contribution in [3.05, 3.63) is 34.3 Å². The first-order chi connectivity index (χ1) is 12.5. The highest BCUT2D eigenvalue weighted by Gasteiger charge is 2.37. The molecule has 0 spiro atoms. The van der Waals surface area contributed by atoms with E-state index in [1.807, 2.05) is 24.0 Å². The zero-order valence-electron chi connectivity index (χ0n) is 15.0. The Morgan fingerprint density at radius 1 is 1.00 bits per heavy atom. The second kappa shape index (κ2) is 8.20. The molecule has 2 heterocycles. The largest absolute Gasteiger partial charge is 0.339 e. The van der Waals surface area contributed by atoms with Crippen LogP contribution in [0.5, 0.6) is 0 Å².